The van der Waals surface area contributed by atoms with E-state index in [0.717, 1.165) is 50.1 Å². The first-order chi connectivity index (χ1) is 13.6. The van der Waals surface area contributed by atoms with Crippen LogP contribution in [0.15, 0.2) is 41.8 Å². The number of likely N-dealkylation sites (tertiary alicyclic amines) is 1. The Kier molecular flexibility index (Phi) is 4.50. The Morgan fingerprint density at radius 1 is 1.11 bits per heavy atom. The Bertz CT molecular complexity index is 880. The fraction of sp³-hybridized carbons (Fsp3) is 0.478. The molecule has 2 aromatic rings. The zero-order chi connectivity index (χ0) is 19.1. The molecule has 0 radical (unpaired) electrons. The van der Waals surface area contributed by atoms with E-state index in [2.05, 4.69) is 29.6 Å². The van der Waals surface area contributed by atoms with Crippen LogP contribution in [0.25, 0.3) is 0 Å². The van der Waals surface area contributed by atoms with Crippen molar-refractivity contribution in [1.29, 1.82) is 0 Å². The van der Waals surface area contributed by atoms with Crippen LogP contribution < -0.4 is 5.32 Å². The summed E-state index contributed by atoms with van der Waals surface area (Å²) >= 11 is 1.52. The summed E-state index contributed by atoms with van der Waals surface area (Å²) in [5, 5.41) is 5.11. The lowest BCUT2D eigenvalue weighted by Gasteiger charge is -2.40. The molecule has 5 heteroatoms. The highest BCUT2D eigenvalue weighted by Crippen LogP contribution is 2.52. The third-order valence-corrected chi connectivity index (χ3v) is 7.58. The van der Waals surface area contributed by atoms with Crippen LogP contribution in [0.5, 0.6) is 0 Å². The molecule has 1 aromatic carbocycles. The van der Waals surface area contributed by atoms with Crippen molar-refractivity contribution in [3.63, 3.8) is 0 Å². The minimum Gasteiger partial charge on any atom is -0.353 e. The van der Waals surface area contributed by atoms with Gasteiger partial charge in [0.2, 0.25) is 5.91 Å². The number of hydrogen-bond donors (Lipinski definition) is 1. The van der Waals surface area contributed by atoms with E-state index >= 15 is 0 Å². The zero-order valence-corrected chi connectivity index (χ0v) is 16.8. The molecule has 4 nitrogen and oxygen atoms in total. The molecule has 0 bridgehead atoms. The summed E-state index contributed by atoms with van der Waals surface area (Å²) in [5.74, 6) is 0.663. The molecule has 1 aromatic heterocycles. The summed E-state index contributed by atoms with van der Waals surface area (Å²) in [6, 6.07) is 13.0. The lowest BCUT2D eigenvalue weighted by Crippen LogP contribution is -2.44. The van der Waals surface area contributed by atoms with E-state index in [9.17, 15) is 9.59 Å². The van der Waals surface area contributed by atoms with E-state index in [0.29, 0.717) is 18.4 Å². The van der Waals surface area contributed by atoms with Crippen molar-refractivity contribution in [3.05, 3.63) is 57.8 Å². The molecule has 2 aliphatic carbocycles. The first-order valence-corrected chi connectivity index (χ1v) is 11.2. The predicted octanol–water partition coefficient (Wildman–Crippen LogP) is 4.08. The molecule has 1 saturated heterocycles. The van der Waals surface area contributed by atoms with Crippen LogP contribution in [-0.4, -0.2) is 35.8 Å². The minimum absolute atomic E-state index is 0.118. The van der Waals surface area contributed by atoms with Crippen molar-refractivity contribution in [2.45, 2.75) is 55.9 Å². The van der Waals surface area contributed by atoms with Gasteiger partial charge in [-0.15, -0.1) is 11.3 Å². The summed E-state index contributed by atoms with van der Waals surface area (Å²) in [7, 11) is 0. The second-order valence-electron chi connectivity index (χ2n) is 8.58. The average molecular weight is 395 g/mol. The SMILES string of the molecule is O=C(C[C@H]1CC2(CCN(C(=O)c3cccs3)CC2)c2ccccc21)NC1CC1. The molecular weight excluding hydrogens is 368 g/mol. The highest BCUT2D eigenvalue weighted by Gasteiger charge is 2.46. The van der Waals surface area contributed by atoms with Crippen molar-refractivity contribution in [2.75, 3.05) is 13.1 Å². The van der Waals surface area contributed by atoms with Gasteiger partial charge >= 0.3 is 0 Å². The fourth-order valence-corrected chi connectivity index (χ4v) is 5.81. The summed E-state index contributed by atoms with van der Waals surface area (Å²) < 4.78 is 0. The number of carbonyl (C=O) groups excluding carboxylic acids is 2. The van der Waals surface area contributed by atoms with Crippen LogP contribution in [0.1, 0.15) is 65.2 Å². The second kappa shape index (κ2) is 7.03. The van der Waals surface area contributed by atoms with Gasteiger partial charge in [-0.05, 0) is 66.0 Å². The Labute approximate surface area is 169 Å². The van der Waals surface area contributed by atoms with Gasteiger partial charge in [0.05, 0.1) is 4.88 Å². The molecule has 5 rings (SSSR count). The standard InChI is InChI=1S/C23H26N2O2S/c26-21(24-17-7-8-17)14-16-15-23(19-5-2-1-4-18(16)19)9-11-25(12-10-23)22(27)20-6-3-13-28-20/h1-6,13,16-17H,7-12,14-15H2,(H,24,26)/t16-/m0/s1. The molecular formula is C23H26N2O2S. The van der Waals surface area contributed by atoms with Gasteiger partial charge in [-0.1, -0.05) is 30.3 Å². The quantitative estimate of drug-likeness (QED) is 0.850. The van der Waals surface area contributed by atoms with E-state index in [4.69, 9.17) is 0 Å². The fourth-order valence-electron chi connectivity index (χ4n) is 5.12. The molecule has 1 N–H and O–H groups in total. The average Bonchev–Trinajstić information content (AvgIpc) is 3.25. The maximum atomic E-state index is 12.7. The molecule has 1 atom stereocenters. The van der Waals surface area contributed by atoms with E-state index in [1.807, 2.05) is 22.4 Å². The van der Waals surface area contributed by atoms with E-state index in [1.165, 1.54) is 22.5 Å². The number of thiophene rings is 1. The largest absolute Gasteiger partial charge is 0.353 e. The normalized spacial score (nSPS) is 22.9. The smallest absolute Gasteiger partial charge is 0.263 e. The van der Waals surface area contributed by atoms with Crippen molar-refractivity contribution in [3.8, 4) is 0 Å². The molecule has 146 valence electrons. The number of carbonyl (C=O) groups is 2. The van der Waals surface area contributed by atoms with Gasteiger partial charge in [0.15, 0.2) is 0 Å². The Morgan fingerprint density at radius 3 is 2.61 bits per heavy atom. The summed E-state index contributed by atoms with van der Waals surface area (Å²) in [6.07, 6.45) is 5.86. The van der Waals surface area contributed by atoms with Gasteiger partial charge in [-0.3, -0.25) is 9.59 Å². The molecule has 1 spiro atoms. The topological polar surface area (TPSA) is 49.4 Å². The molecule has 28 heavy (non-hydrogen) atoms. The van der Waals surface area contributed by atoms with Crippen molar-refractivity contribution in [2.24, 2.45) is 0 Å². The van der Waals surface area contributed by atoms with Crippen LogP contribution in [0, 0.1) is 0 Å². The van der Waals surface area contributed by atoms with E-state index < -0.39 is 0 Å². The molecule has 2 fully saturated rings. The lowest BCUT2D eigenvalue weighted by atomic mass is 9.73. The van der Waals surface area contributed by atoms with E-state index in [1.54, 1.807) is 0 Å². The monoisotopic (exact) mass is 394 g/mol. The van der Waals surface area contributed by atoms with Crippen LogP contribution >= 0.6 is 11.3 Å². The van der Waals surface area contributed by atoms with Crippen LogP contribution in [0.4, 0.5) is 0 Å². The second-order valence-corrected chi connectivity index (χ2v) is 9.53. The van der Waals surface area contributed by atoms with Gasteiger partial charge in [0.1, 0.15) is 0 Å². The van der Waals surface area contributed by atoms with Crippen LogP contribution in [0.2, 0.25) is 0 Å². The summed E-state index contributed by atoms with van der Waals surface area (Å²) in [5.41, 5.74) is 2.89. The Morgan fingerprint density at radius 2 is 1.89 bits per heavy atom. The first-order valence-electron chi connectivity index (χ1n) is 10.4. The number of amides is 2. The molecule has 3 aliphatic rings. The van der Waals surface area contributed by atoms with Crippen LogP contribution in [-0.2, 0) is 10.2 Å². The maximum absolute atomic E-state index is 12.7. The molecule has 2 amide bonds. The maximum Gasteiger partial charge on any atom is 0.263 e. The number of benzene rings is 1. The zero-order valence-electron chi connectivity index (χ0n) is 16.0. The van der Waals surface area contributed by atoms with Gasteiger partial charge in [0.25, 0.3) is 5.91 Å². The van der Waals surface area contributed by atoms with Gasteiger partial charge in [-0.25, -0.2) is 0 Å². The first kappa shape index (κ1) is 17.9. The summed E-state index contributed by atoms with van der Waals surface area (Å²) in [4.78, 5) is 28.0. The molecule has 1 aliphatic heterocycles. The van der Waals surface area contributed by atoms with Gasteiger partial charge in [-0.2, -0.15) is 0 Å². The number of fused-ring (bicyclic) bond motifs is 2. The van der Waals surface area contributed by atoms with Gasteiger partial charge in [0, 0.05) is 25.6 Å². The third kappa shape index (κ3) is 3.26. The number of piperidine rings is 1. The van der Waals surface area contributed by atoms with Gasteiger partial charge < -0.3 is 10.2 Å². The minimum atomic E-state index is 0.118. The number of hydrogen-bond acceptors (Lipinski definition) is 3. The van der Waals surface area contributed by atoms with Crippen molar-refractivity contribution < 1.29 is 9.59 Å². The number of nitrogens with zero attached hydrogens (tertiary/aromatic N) is 1. The number of rotatable bonds is 4. The molecule has 2 heterocycles. The molecule has 1 saturated carbocycles. The molecule has 0 unspecified atom stereocenters. The Balaban J connectivity index is 1.31. The highest BCUT2D eigenvalue weighted by molar-refractivity contribution is 7.12. The van der Waals surface area contributed by atoms with Crippen molar-refractivity contribution >= 4 is 23.2 Å². The van der Waals surface area contributed by atoms with Crippen molar-refractivity contribution in [1.82, 2.24) is 10.2 Å². The van der Waals surface area contributed by atoms with Crippen LogP contribution in [0.3, 0.4) is 0 Å². The third-order valence-electron chi connectivity index (χ3n) is 6.72. The lowest BCUT2D eigenvalue weighted by molar-refractivity contribution is -0.121. The summed E-state index contributed by atoms with van der Waals surface area (Å²) in [6.45, 7) is 1.60. The van der Waals surface area contributed by atoms with E-state index in [-0.39, 0.29) is 17.2 Å². The predicted molar refractivity (Wildman–Crippen MR) is 111 cm³/mol. The highest BCUT2D eigenvalue weighted by atomic mass is 32.1. The Hall–Kier alpha value is -2.14. The number of nitrogens with one attached hydrogen (secondary N) is 1.